The molecule has 1 aliphatic heterocycles. The normalized spacial score (nSPS) is 20.8. The average molecular weight is 272 g/mol. The molecule has 1 fully saturated rings. The molecule has 2 nitrogen and oxygen atoms in total. The Morgan fingerprint density at radius 2 is 2.24 bits per heavy atom. The molecule has 0 amide bonds. The van der Waals surface area contributed by atoms with Crippen molar-refractivity contribution in [2.75, 3.05) is 13.1 Å². The smallest absolute Gasteiger partial charge is 0.178 e. The molecule has 0 N–H and O–H groups in total. The van der Waals surface area contributed by atoms with Crippen molar-refractivity contribution < 1.29 is 4.79 Å². The zero-order chi connectivity index (χ0) is 12.4. The second-order valence-electron chi connectivity index (χ2n) is 4.51. The number of Topliss-reactive ketones (excluding diaryl/α,β-unsaturated/α-hetero) is 1. The zero-order valence-corrected chi connectivity index (χ0v) is 11.3. The minimum absolute atomic E-state index is 0.0475. The molecule has 0 spiro atoms. The fourth-order valence-corrected chi connectivity index (χ4v) is 2.60. The van der Waals surface area contributed by atoms with Gasteiger partial charge in [0.15, 0.2) is 5.78 Å². The summed E-state index contributed by atoms with van der Waals surface area (Å²) in [6.07, 6.45) is 2.33. The Bertz CT molecular complexity index is 433. The molecule has 0 bridgehead atoms. The quantitative estimate of drug-likeness (QED) is 0.783. The molecule has 1 aromatic carbocycles. The van der Waals surface area contributed by atoms with E-state index in [1.54, 1.807) is 18.2 Å². The van der Waals surface area contributed by atoms with E-state index < -0.39 is 0 Å². The lowest BCUT2D eigenvalue weighted by Crippen LogP contribution is -2.32. The Labute approximate surface area is 112 Å². The van der Waals surface area contributed by atoms with Gasteiger partial charge in [-0.1, -0.05) is 23.2 Å². The van der Waals surface area contributed by atoms with Crippen LogP contribution in [0.2, 0.25) is 10.0 Å². The van der Waals surface area contributed by atoms with Crippen molar-refractivity contribution in [2.24, 2.45) is 0 Å². The molecular weight excluding hydrogens is 257 g/mol. The van der Waals surface area contributed by atoms with Gasteiger partial charge in [-0.05, 0) is 44.5 Å². The van der Waals surface area contributed by atoms with Gasteiger partial charge in [0.1, 0.15) is 0 Å². The fourth-order valence-electron chi connectivity index (χ4n) is 2.21. The van der Waals surface area contributed by atoms with Gasteiger partial charge < -0.3 is 0 Å². The van der Waals surface area contributed by atoms with Crippen molar-refractivity contribution in [1.29, 1.82) is 0 Å². The number of hydrogen-bond donors (Lipinski definition) is 0. The molecule has 1 saturated heterocycles. The molecule has 2 rings (SSSR count). The Morgan fingerprint density at radius 1 is 1.47 bits per heavy atom. The number of rotatable bonds is 3. The monoisotopic (exact) mass is 271 g/mol. The van der Waals surface area contributed by atoms with E-state index in [1.165, 1.54) is 0 Å². The molecule has 0 aromatic heterocycles. The molecule has 0 aliphatic carbocycles. The molecule has 1 aromatic rings. The first kappa shape index (κ1) is 12.9. The van der Waals surface area contributed by atoms with Gasteiger partial charge >= 0.3 is 0 Å². The summed E-state index contributed by atoms with van der Waals surface area (Å²) in [7, 11) is 0. The van der Waals surface area contributed by atoms with E-state index in [0.717, 1.165) is 19.4 Å². The average Bonchev–Trinajstić information content (AvgIpc) is 2.68. The topological polar surface area (TPSA) is 20.3 Å². The van der Waals surface area contributed by atoms with Crippen LogP contribution < -0.4 is 0 Å². The highest BCUT2D eigenvalue weighted by Gasteiger charge is 2.23. The van der Waals surface area contributed by atoms with Crippen molar-refractivity contribution in [2.45, 2.75) is 25.8 Å². The minimum atomic E-state index is 0.0475. The van der Waals surface area contributed by atoms with Crippen LogP contribution in [-0.2, 0) is 0 Å². The number of carbonyl (C=O) groups is 1. The Kier molecular flexibility index (Phi) is 4.08. The summed E-state index contributed by atoms with van der Waals surface area (Å²) >= 11 is 11.9. The third-order valence-electron chi connectivity index (χ3n) is 3.27. The second-order valence-corrected chi connectivity index (χ2v) is 5.35. The first-order valence-electron chi connectivity index (χ1n) is 5.80. The van der Waals surface area contributed by atoms with Gasteiger partial charge in [0.2, 0.25) is 0 Å². The van der Waals surface area contributed by atoms with Crippen LogP contribution >= 0.6 is 23.2 Å². The van der Waals surface area contributed by atoms with Crippen molar-refractivity contribution in [3.05, 3.63) is 33.8 Å². The van der Waals surface area contributed by atoms with Crippen molar-refractivity contribution in [3.8, 4) is 0 Å². The van der Waals surface area contributed by atoms with Gasteiger partial charge in [0, 0.05) is 16.6 Å². The molecule has 1 aliphatic rings. The van der Waals surface area contributed by atoms with Crippen LogP contribution in [0.4, 0.5) is 0 Å². The third-order valence-corrected chi connectivity index (χ3v) is 3.83. The van der Waals surface area contributed by atoms with Crippen LogP contribution in [0.3, 0.4) is 0 Å². The van der Waals surface area contributed by atoms with E-state index >= 15 is 0 Å². The number of halogens is 2. The van der Waals surface area contributed by atoms with E-state index in [1.807, 2.05) is 0 Å². The van der Waals surface area contributed by atoms with Gasteiger partial charge in [-0.15, -0.1) is 0 Å². The summed E-state index contributed by atoms with van der Waals surface area (Å²) in [4.78, 5) is 14.3. The molecule has 0 radical (unpaired) electrons. The van der Waals surface area contributed by atoms with E-state index in [0.29, 0.717) is 28.2 Å². The maximum absolute atomic E-state index is 12.1. The molecule has 92 valence electrons. The number of nitrogens with zero attached hydrogens (tertiary/aromatic N) is 1. The van der Waals surface area contributed by atoms with Gasteiger partial charge in [0.05, 0.1) is 11.6 Å². The number of ketones is 1. The Balaban J connectivity index is 2.11. The van der Waals surface area contributed by atoms with E-state index in [2.05, 4.69) is 11.8 Å². The highest BCUT2D eigenvalue weighted by Crippen LogP contribution is 2.23. The fraction of sp³-hybridized carbons (Fsp3) is 0.462. The molecular formula is C13H15Cl2NO. The SMILES string of the molecule is CC1CCCN1CC(=O)c1cc(Cl)ccc1Cl. The van der Waals surface area contributed by atoms with E-state index in [4.69, 9.17) is 23.2 Å². The lowest BCUT2D eigenvalue weighted by Gasteiger charge is -2.20. The zero-order valence-electron chi connectivity index (χ0n) is 9.75. The highest BCUT2D eigenvalue weighted by molar-refractivity contribution is 6.36. The molecule has 1 atom stereocenters. The summed E-state index contributed by atoms with van der Waals surface area (Å²) in [5, 5.41) is 1.03. The molecule has 0 saturated carbocycles. The van der Waals surface area contributed by atoms with Gasteiger partial charge in [-0.2, -0.15) is 0 Å². The third kappa shape index (κ3) is 3.01. The molecule has 4 heteroatoms. The van der Waals surface area contributed by atoms with Crippen LogP contribution in [0.25, 0.3) is 0 Å². The van der Waals surface area contributed by atoms with Gasteiger partial charge in [-0.25, -0.2) is 0 Å². The van der Waals surface area contributed by atoms with E-state index in [-0.39, 0.29) is 5.78 Å². The largest absolute Gasteiger partial charge is 0.293 e. The highest BCUT2D eigenvalue weighted by atomic mass is 35.5. The van der Waals surface area contributed by atoms with Crippen LogP contribution in [0.15, 0.2) is 18.2 Å². The first-order chi connectivity index (χ1) is 8.08. The van der Waals surface area contributed by atoms with Crippen LogP contribution in [0, 0.1) is 0 Å². The lowest BCUT2D eigenvalue weighted by molar-refractivity contribution is 0.0926. The predicted octanol–water partition coefficient (Wildman–Crippen LogP) is 3.66. The van der Waals surface area contributed by atoms with E-state index in [9.17, 15) is 4.79 Å². The molecule has 1 unspecified atom stereocenters. The summed E-state index contributed by atoms with van der Waals surface area (Å²) in [5.41, 5.74) is 0.526. The Morgan fingerprint density at radius 3 is 2.88 bits per heavy atom. The number of hydrogen-bond acceptors (Lipinski definition) is 2. The standard InChI is InChI=1S/C13H15Cl2NO/c1-9-3-2-6-16(9)8-13(17)11-7-10(14)4-5-12(11)15/h4-5,7,9H,2-3,6,8H2,1H3. The van der Waals surface area contributed by atoms with Crippen LogP contribution in [0.5, 0.6) is 0 Å². The second kappa shape index (κ2) is 5.38. The summed E-state index contributed by atoms with van der Waals surface area (Å²) in [6.45, 7) is 3.58. The van der Waals surface area contributed by atoms with Crippen LogP contribution in [-0.4, -0.2) is 29.8 Å². The summed E-state index contributed by atoms with van der Waals surface area (Å²) in [5.74, 6) is 0.0475. The predicted molar refractivity (Wildman–Crippen MR) is 71.1 cm³/mol. The summed E-state index contributed by atoms with van der Waals surface area (Å²) in [6, 6.07) is 5.49. The van der Waals surface area contributed by atoms with Crippen LogP contribution in [0.1, 0.15) is 30.1 Å². The molecule has 1 heterocycles. The minimum Gasteiger partial charge on any atom is -0.293 e. The van der Waals surface area contributed by atoms with Crippen molar-refractivity contribution in [1.82, 2.24) is 4.90 Å². The van der Waals surface area contributed by atoms with Gasteiger partial charge in [-0.3, -0.25) is 9.69 Å². The van der Waals surface area contributed by atoms with Crippen molar-refractivity contribution >= 4 is 29.0 Å². The Hall–Kier alpha value is -0.570. The first-order valence-corrected chi connectivity index (χ1v) is 6.56. The maximum atomic E-state index is 12.1. The molecule has 17 heavy (non-hydrogen) atoms. The summed E-state index contributed by atoms with van der Waals surface area (Å²) < 4.78 is 0. The lowest BCUT2D eigenvalue weighted by atomic mass is 10.1. The number of benzene rings is 1. The number of likely N-dealkylation sites (tertiary alicyclic amines) is 1. The van der Waals surface area contributed by atoms with Gasteiger partial charge in [0.25, 0.3) is 0 Å². The number of carbonyl (C=O) groups excluding carboxylic acids is 1. The van der Waals surface area contributed by atoms with Crippen molar-refractivity contribution in [3.63, 3.8) is 0 Å². The maximum Gasteiger partial charge on any atom is 0.178 e.